The second-order valence-electron chi connectivity index (χ2n) is 4.21. The molecule has 3 heteroatoms. The summed E-state index contributed by atoms with van der Waals surface area (Å²) in [5, 5.41) is 0. The quantitative estimate of drug-likeness (QED) is 0.932. The summed E-state index contributed by atoms with van der Waals surface area (Å²) < 4.78 is 6.80. The van der Waals surface area contributed by atoms with Crippen LogP contribution in [-0.2, 0) is 13.2 Å². The number of hydrogen-bond acceptors (Lipinski definition) is 2. The van der Waals surface area contributed by atoms with Crippen molar-refractivity contribution in [3.8, 4) is 5.75 Å². The Hall–Kier alpha value is -1.32. The molecule has 0 radical (unpaired) electrons. The van der Waals surface area contributed by atoms with Gasteiger partial charge in [0.25, 0.3) is 0 Å². The smallest absolute Gasteiger partial charge is 0.138 e. The maximum Gasteiger partial charge on any atom is 0.138 e. The third-order valence-electron chi connectivity index (χ3n) is 2.77. The normalized spacial score (nSPS) is 10.4. The molecule has 2 N–H and O–H groups in total. The standard InChI is InChI=1S/C15H16BrNO/c1-11-5-7-12(8-6-11)10-18-15-13(9-17)3-2-4-14(15)16/h2-8H,9-10,17H2,1H3. The third kappa shape index (κ3) is 3.12. The number of nitrogens with two attached hydrogens (primary N) is 1. The van der Waals surface area contributed by atoms with Crippen molar-refractivity contribution in [3.05, 3.63) is 63.6 Å². The fourth-order valence-electron chi connectivity index (χ4n) is 1.72. The predicted molar refractivity (Wildman–Crippen MR) is 77.5 cm³/mol. The highest BCUT2D eigenvalue weighted by molar-refractivity contribution is 9.10. The SMILES string of the molecule is Cc1ccc(COc2c(Br)cccc2CN)cc1. The molecular weight excluding hydrogens is 290 g/mol. The van der Waals surface area contributed by atoms with Gasteiger partial charge in [-0.2, -0.15) is 0 Å². The van der Waals surface area contributed by atoms with E-state index < -0.39 is 0 Å². The summed E-state index contributed by atoms with van der Waals surface area (Å²) >= 11 is 3.49. The van der Waals surface area contributed by atoms with Crippen LogP contribution in [0.3, 0.4) is 0 Å². The van der Waals surface area contributed by atoms with Gasteiger partial charge in [0.1, 0.15) is 12.4 Å². The molecule has 0 saturated heterocycles. The summed E-state index contributed by atoms with van der Waals surface area (Å²) in [6, 6.07) is 14.2. The highest BCUT2D eigenvalue weighted by Gasteiger charge is 2.06. The molecular formula is C15H16BrNO. The number of ether oxygens (including phenoxy) is 1. The van der Waals surface area contributed by atoms with Gasteiger partial charge in [-0.3, -0.25) is 0 Å². The van der Waals surface area contributed by atoms with E-state index in [1.807, 2.05) is 18.2 Å². The Balaban J connectivity index is 2.12. The summed E-state index contributed by atoms with van der Waals surface area (Å²) in [7, 11) is 0. The molecule has 2 rings (SSSR count). The minimum Gasteiger partial charge on any atom is -0.487 e. The third-order valence-corrected chi connectivity index (χ3v) is 3.40. The molecule has 0 bridgehead atoms. The maximum atomic E-state index is 5.86. The molecule has 18 heavy (non-hydrogen) atoms. The van der Waals surface area contributed by atoms with Crippen molar-refractivity contribution < 1.29 is 4.74 Å². The lowest BCUT2D eigenvalue weighted by molar-refractivity contribution is 0.301. The summed E-state index contributed by atoms with van der Waals surface area (Å²) in [5.74, 6) is 0.834. The molecule has 0 atom stereocenters. The maximum absolute atomic E-state index is 5.86. The zero-order valence-corrected chi connectivity index (χ0v) is 11.9. The monoisotopic (exact) mass is 305 g/mol. The first-order valence-corrected chi connectivity index (χ1v) is 6.66. The molecule has 0 aliphatic carbocycles. The number of aryl methyl sites for hydroxylation is 1. The van der Waals surface area contributed by atoms with Crippen molar-refractivity contribution in [2.45, 2.75) is 20.1 Å². The Bertz CT molecular complexity index is 523. The van der Waals surface area contributed by atoms with E-state index >= 15 is 0 Å². The lowest BCUT2D eigenvalue weighted by Crippen LogP contribution is -2.03. The first-order valence-electron chi connectivity index (χ1n) is 5.86. The van der Waals surface area contributed by atoms with E-state index in [9.17, 15) is 0 Å². The van der Waals surface area contributed by atoms with Crippen LogP contribution in [0.1, 0.15) is 16.7 Å². The molecule has 0 unspecified atom stereocenters. The van der Waals surface area contributed by atoms with E-state index in [-0.39, 0.29) is 0 Å². The topological polar surface area (TPSA) is 35.2 Å². The molecule has 0 spiro atoms. The van der Waals surface area contributed by atoms with Gasteiger partial charge < -0.3 is 10.5 Å². The first-order chi connectivity index (χ1) is 8.70. The molecule has 0 aliphatic rings. The van der Waals surface area contributed by atoms with Gasteiger partial charge in [-0.15, -0.1) is 0 Å². The Morgan fingerprint density at radius 2 is 1.83 bits per heavy atom. The van der Waals surface area contributed by atoms with Crippen molar-refractivity contribution in [2.75, 3.05) is 0 Å². The number of hydrogen-bond donors (Lipinski definition) is 1. The summed E-state index contributed by atoms with van der Waals surface area (Å²) in [4.78, 5) is 0. The van der Waals surface area contributed by atoms with Gasteiger partial charge in [0.05, 0.1) is 4.47 Å². The minimum absolute atomic E-state index is 0.475. The van der Waals surface area contributed by atoms with Crippen LogP contribution < -0.4 is 10.5 Å². The van der Waals surface area contributed by atoms with E-state index in [0.29, 0.717) is 13.2 Å². The largest absolute Gasteiger partial charge is 0.487 e. The van der Waals surface area contributed by atoms with Crippen LogP contribution in [0.4, 0.5) is 0 Å². The molecule has 0 heterocycles. The van der Waals surface area contributed by atoms with Crippen LogP contribution in [0.5, 0.6) is 5.75 Å². The van der Waals surface area contributed by atoms with E-state index in [4.69, 9.17) is 10.5 Å². The average Bonchev–Trinajstić information content (AvgIpc) is 2.39. The van der Waals surface area contributed by atoms with Crippen molar-refractivity contribution in [1.29, 1.82) is 0 Å². The average molecular weight is 306 g/mol. The highest BCUT2D eigenvalue weighted by atomic mass is 79.9. The van der Waals surface area contributed by atoms with Gasteiger partial charge in [0, 0.05) is 12.1 Å². The second-order valence-corrected chi connectivity index (χ2v) is 5.06. The van der Waals surface area contributed by atoms with Crippen LogP contribution in [0.2, 0.25) is 0 Å². The lowest BCUT2D eigenvalue weighted by atomic mass is 10.1. The van der Waals surface area contributed by atoms with E-state index in [1.165, 1.54) is 5.56 Å². The molecule has 0 fully saturated rings. The van der Waals surface area contributed by atoms with Crippen LogP contribution in [0.15, 0.2) is 46.9 Å². The zero-order chi connectivity index (χ0) is 13.0. The Kier molecular flexibility index (Phi) is 4.39. The van der Waals surface area contributed by atoms with Gasteiger partial charge >= 0.3 is 0 Å². The molecule has 2 aromatic rings. The molecule has 0 aromatic heterocycles. The Morgan fingerprint density at radius 1 is 1.11 bits per heavy atom. The summed E-state index contributed by atoms with van der Waals surface area (Å²) in [5.41, 5.74) is 9.12. The van der Waals surface area contributed by atoms with Crippen LogP contribution >= 0.6 is 15.9 Å². The number of para-hydroxylation sites is 1. The van der Waals surface area contributed by atoms with Gasteiger partial charge in [-0.05, 0) is 34.5 Å². The number of halogens is 1. The first kappa shape index (κ1) is 13.1. The van der Waals surface area contributed by atoms with Crippen molar-refractivity contribution >= 4 is 15.9 Å². The van der Waals surface area contributed by atoms with Gasteiger partial charge in [0.2, 0.25) is 0 Å². The number of rotatable bonds is 4. The van der Waals surface area contributed by atoms with Crippen LogP contribution in [0, 0.1) is 6.92 Å². The molecule has 0 amide bonds. The Morgan fingerprint density at radius 3 is 2.50 bits per heavy atom. The summed E-state index contributed by atoms with van der Waals surface area (Å²) in [6.45, 7) is 3.10. The van der Waals surface area contributed by atoms with E-state index in [2.05, 4.69) is 47.1 Å². The van der Waals surface area contributed by atoms with Crippen molar-refractivity contribution in [2.24, 2.45) is 5.73 Å². The van der Waals surface area contributed by atoms with Gasteiger partial charge in [-0.1, -0.05) is 42.0 Å². The zero-order valence-electron chi connectivity index (χ0n) is 10.3. The molecule has 2 aromatic carbocycles. The Labute approximate surface area is 116 Å². The predicted octanol–water partition coefficient (Wildman–Crippen LogP) is 3.80. The van der Waals surface area contributed by atoms with Gasteiger partial charge in [-0.25, -0.2) is 0 Å². The van der Waals surface area contributed by atoms with Crippen LogP contribution in [-0.4, -0.2) is 0 Å². The van der Waals surface area contributed by atoms with E-state index in [1.54, 1.807) is 0 Å². The second kappa shape index (κ2) is 6.03. The molecule has 0 aliphatic heterocycles. The fourth-order valence-corrected chi connectivity index (χ4v) is 2.24. The van der Waals surface area contributed by atoms with E-state index in [0.717, 1.165) is 21.3 Å². The molecule has 0 saturated carbocycles. The van der Waals surface area contributed by atoms with Gasteiger partial charge in [0.15, 0.2) is 0 Å². The lowest BCUT2D eigenvalue weighted by Gasteiger charge is -2.12. The highest BCUT2D eigenvalue weighted by Crippen LogP contribution is 2.29. The molecule has 2 nitrogen and oxygen atoms in total. The van der Waals surface area contributed by atoms with Crippen LogP contribution in [0.25, 0.3) is 0 Å². The minimum atomic E-state index is 0.475. The van der Waals surface area contributed by atoms with Crippen molar-refractivity contribution in [1.82, 2.24) is 0 Å². The summed E-state index contributed by atoms with van der Waals surface area (Å²) in [6.07, 6.45) is 0. The fraction of sp³-hybridized carbons (Fsp3) is 0.200. The molecule has 94 valence electrons. The number of benzene rings is 2. The van der Waals surface area contributed by atoms with Crippen molar-refractivity contribution in [3.63, 3.8) is 0 Å².